The molecular formula is C76H78F5N3O25. The minimum Gasteiger partial charge on any atom is -0.456 e. The summed E-state index contributed by atoms with van der Waals surface area (Å²) in [6.45, 7) is 8.10. The van der Waals surface area contributed by atoms with Crippen LogP contribution in [0.3, 0.4) is 0 Å². The molecule has 2 fully saturated rings. The highest BCUT2D eigenvalue weighted by Crippen LogP contribution is 2.40. The van der Waals surface area contributed by atoms with E-state index in [0.717, 1.165) is 68.5 Å². The summed E-state index contributed by atoms with van der Waals surface area (Å²) in [5.74, 6) is -5.62. The number of aliphatic hydroxyl groups is 4. The van der Waals surface area contributed by atoms with Crippen molar-refractivity contribution in [3.63, 3.8) is 0 Å². The van der Waals surface area contributed by atoms with Crippen molar-refractivity contribution in [2.24, 2.45) is 0 Å². The van der Waals surface area contributed by atoms with Crippen LogP contribution < -0.4 is 0 Å². The fourth-order valence-electron chi connectivity index (χ4n) is 12.0. The van der Waals surface area contributed by atoms with Gasteiger partial charge < -0.3 is 67.8 Å². The normalized spacial score (nSPS) is 25.6. The number of para-hydroxylation sites is 1. The molecule has 1 unspecified atom stereocenters. The molecule has 7 heterocycles. The Balaban J connectivity index is 0.000000172. The van der Waals surface area contributed by atoms with E-state index in [0.29, 0.717) is 49.4 Å². The lowest BCUT2D eigenvalue weighted by Crippen LogP contribution is -2.57. The monoisotopic (exact) mass is 1530 g/mol. The molecule has 0 saturated carbocycles. The molecule has 0 spiro atoms. The fraction of sp³-hybridized carbons (Fsp3) is 0.382. The number of alkyl halides is 5. The molecule has 0 bridgehead atoms. The Morgan fingerprint density at radius 1 is 0.495 bits per heavy atom. The molecule has 4 N–H and O–H groups in total. The number of benzene rings is 5. The van der Waals surface area contributed by atoms with Gasteiger partial charge in [-0.3, -0.25) is 34.7 Å². The topological polar surface area (TPSA) is 382 Å². The molecule has 28 nitrogen and oxygen atoms in total. The number of cyclic esters (lactones) is 4. The average Bonchev–Trinajstić information content (AvgIpc) is 0.867. The molecule has 582 valence electrons. The van der Waals surface area contributed by atoms with E-state index in [1.54, 1.807) is 117 Å². The Morgan fingerprint density at radius 2 is 0.927 bits per heavy atom. The molecule has 109 heavy (non-hydrogen) atoms. The van der Waals surface area contributed by atoms with Gasteiger partial charge in [0.15, 0.2) is 73.3 Å². The molecular weight excluding hydrogens is 1450 g/mol. The zero-order chi connectivity index (χ0) is 79.2. The Hall–Kier alpha value is -10.8. The molecule has 7 aliphatic heterocycles. The quantitative estimate of drug-likeness (QED) is 0.0197. The molecule has 0 amide bonds. The third-order valence-electron chi connectivity index (χ3n) is 17.2. The smallest absolute Gasteiger partial charge is 0.331 e. The van der Waals surface area contributed by atoms with E-state index in [1.165, 1.54) is 36.4 Å². The number of hydrogen-bond acceptors (Lipinski definition) is 26. The summed E-state index contributed by atoms with van der Waals surface area (Å²) in [6, 6.07) is 34.5. The second-order valence-electron chi connectivity index (χ2n) is 25.4. The molecule has 12 rings (SSSR count). The van der Waals surface area contributed by atoms with Gasteiger partial charge in [-0.25, -0.2) is 45.9 Å². The number of nitro groups is 2. The molecule has 7 aliphatic rings. The SMILES string of the molecule is CC(=O)O[C@H]1C=CC(=O)O[C@H]1[C@@H](O)[C@H](F)c1ccc([N+](=O)[O-])cc1.CC(=O)O[C@H]1C=CC(=O)O[C@H]1[C@@H](O)[C@H](F)c1ccccc1[N+](=O)[O-].CC1(C)O[C@@H]([C@H](F)c2ccccc2)[C@@H]2OC(=O)C=C[C@@H]2O1.O=C1C=CC(N2CCOCC2)[C@H]([C@@H](O)[C@H](F)c2ccccc2)O1.O=C1C=CC[C@H]([C@@H](O)[C@H](F)c2ccccc2)O1. The molecule has 0 aromatic heterocycles. The maximum atomic E-state index is 14.9. The number of fused-ring (bicyclic) bond motifs is 1. The van der Waals surface area contributed by atoms with Gasteiger partial charge in [0.2, 0.25) is 0 Å². The highest BCUT2D eigenvalue weighted by Gasteiger charge is 2.50. The van der Waals surface area contributed by atoms with Crippen LogP contribution in [-0.2, 0) is 80.9 Å². The first kappa shape index (κ1) is 83.9. The highest BCUT2D eigenvalue weighted by molar-refractivity contribution is 5.85. The van der Waals surface area contributed by atoms with Gasteiger partial charge in [0.1, 0.15) is 42.7 Å². The summed E-state index contributed by atoms with van der Waals surface area (Å²) >= 11 is 0. The molecule has 33 heteroatoms. The lowest BCUT2D eigenvalue weighted by atomic mass is 9.94. The molecule has 2 saturated heterocycles. The number of rotatable bonds is 19. The van der Waals surface area contributed by atoms with Crippen LogP contribution in [0.5, 0.6) is 0 Å². The lowest BCUT2D eigenvalue weighted by molar-refractivity contribution is -0.386. The van der Waals surface area contributed by atoms with Crippen LogP contribution >= 0.6 is 0 Å². The summed E-state index contributed by atoms with van der Waals surface area (Å²) < 4.78 is 124. The third-order valence-corrected chi connectivity index (χ3v) is 17.2. The molecule has 0 radical (unpaired) electrons. The number of ether oxygens (including phenoxy) is 10. The van der Waals surface area contributed by atoms with Gasteiger partial charge in [0, 0.05) is 81.9 Å². The van der Waals surface area contributed by atoms with Gasteiger partial charge in [0.25, 0.3) is 11.4 Å². The molecule has 0 aliphatic carbocycles. The zero-order valence-corrected chi connectivity index (χ0v) is 58.7. The van der Waals surface area contributed by atoms with Gasteiger partial charge in [0.05, 0.1) is 34.7 Å². The molecule has 5 aromatic rings. The molecule has 5 aromatic carbocycles. The number of halogens is 5. The predicted molar refractivity (Wildman–Crippen MR) is 370 cm³/mol. The van der Waals surface area contributed by atoms with Gasteiger partial charge in [-0.2, -0.15) is 0 Å². The summed E-state index contributed by atoms with van der Waals surface area (Å²) in [5, 5.41) is 62.2. The Labute approximate surface area is 619 Å². The summed E-state index contributed by atoms with van der Waals surface area (Å²) in [5.41, 5.74) is 0.0694. The number of morpholine rings is 1. The van der Waals surface area contributed by atoms with Crippen LogP contribution in [0.2, 0.25) is 0 Å². The van der Waals surface area contributed by atoms with Gasteiger partial charge in [-0.15, -0.1) is 0 Å². The van der Waals surface area contributed by atoms with Crippen molar-refractivity contribution >= 4 is 53.2 Å². The number of esters is 7. The lowest BCUT2D eigenvalue weighted by Gasteiger charge is -2.46. The summed E-state index contributed by atoms with van der Waals surface area (Å²) in [4.78, 5) is 101. The second-order valence-corrected chi connectivity index (χ2v) is 25.4. The fourth-order valence-corrected chi connectivity index (χ4v) is 12.0. The number of carbonyl (C=O) groups is 7. The van der Waals surface area contributed by atoms with E-state index in [1.807, 2.05) is 11.0 Å². The second kappa shape index (κ2) is 39.4. The first-order chi connectivity index (χ1) is 51.9. The number of aliphatic hydroxyl groups excluding tert-OH is 4. The average molecular weight is 1530 g/mol. The van der Waals surface area contributed by atoms with Crippen molar-refractivity contribution in [3.05, 3.63) is 248 Å². The first-order valence-electron chi connectivity index (χ1n) is 33.9. The van der Waals surface area contributed by atoms with Crippen molar-refractivity contribution in [2.45, 2.75) is 156 Å². The van der Waals surface area contributed by atoms with Crippen LogP contribution in [-0.4, -0.2) is 194 Å². The molecule has 19 atom stereocenters. The van der Waals surface area contributed by atoms with Crippen molar-refractivity contribution in [2.75, 3.05) is 26.3 Å². The van der Waals surface area contributed by atoms with E-state index >= 15 is 0 Å². The number of non-ortho nitro benzene ring substituents is 1. The van der Waals surface area contributed by atoms with E-state index in [9.17, 15) is 96.2 Å². The number of nitrogens with zero attached hydrogens (tertiary/aromatic N) is 3. The van der Waals surface area contributed by atoms with Gasteiger partial charge >= 0.3 is 41.8 Å². The first-order valence-corrected chi connectivity index (χ1v) is 33.9. The number of hydrogen-bond donors (Lipinski definition) is 4. The van der Waals surface area contributed by atoms with Crippen molar-refractivity contribution in [3.8, 4) is 0 Å². The minimum absolute atomic E-state index is 0.0414. The van der Waals surface area contributed by atoms with Crippen molar-refractivity contribution in [1.29, 1.82) is 0 Å². The highest BCUT2D eigenvalue weighted by atomic mass is 19.2. The van der Waals surface area contributed by atoms with E-state index < -0.39 is 173 Å². The Bertz CT molecular complexity index is 4100. The standard InChI is InChI=1S/C17H20FNO4.C16H17FO4.2C15H14FNO7.C13H13FO3/c18-15(12-4-2-1-3-5-12)16(21)17-13(6-7-14(20)23-17)19-8-10-22-11-9-19;1-16(2)20-11-8-9-12(18)19-14(11)15(21-16)13(17)10-6-4-3-5-7-10;1-8(18)23-11-6-7-12(19)24-15(11)14(20)13(16)9-2-4-10(5-3-9)17(21)22;1-8(18)23-11-6-7-12(19)24-15(11)14(20)13(16)9-4-2-3-5-10(9)17(21)22;14-12(9-5-2-1-3-6-9)13(16)10-7-4-8-11(15)17-10/h1-7,13,15-17,21H,8-11H2;3-9,11,13-15H,1-2H3;2*2-7,11,13-15,20H,1H3;1-6,8,10,12-13,16H,7H2/t13?,15-,16+,17-;11-,13+,14+,15-;2*11-,13+,14-,15+;10-,12-,13-/m10001/s1. The minimum atomic E-state index is -2.23. The zero-order valence-electron chi connectivity index (χ0n) is 58.7. The van der Waals surface area contributed by atoms with Crippen LogP contribution in [0.1, 0.15) is 92.8 Å². The van der Waals surface area contributed by atoms with E-state index in [-0.39, 0.29) is 22.9 Å². The third kappa shape index (κ3) is 23.4. The van der Waals surface area contributed by atoms with Crippen LogP contribution in [0.25, 0.3) is 0 Å². The van der Waals surface area contributed by atoms with Crippen LogP contribution in [0, 0.1) is 20.2 Å². The van der Waals surface area contributed by atoms with Gasteiger partial charge in [-0.1, -0.05) is 115 Å². The Morgan fingerprint density at radius 3 is 1.43 bits per heavy atom. The largest absolute Gasteiger partial charge is 0.456 e. The van der Waals surface area contributed by atoms with E-state index in [2.05, 4.69) is 0 Å². The summed E-state index contributed by atoms with van der Waals surface area (Å²) in [6.07, 6.45) is -11.2. The van der Waals surface area contributed by atoms with Crippen molar-refractivity contribution in [1.82, 2.24) is 4.90 Å². The summed E-state index contributed by atoms with van der Waals surface area (Å²) in [7, 11) is 0. The Kier molecular flexibility index (Phi) is 30.3. The number of carbonyl (C=O) groups excluding carboxylic acids is 7. The van der Waals surface area contributed by atoms with Crippen molar-refractivity contribution < 1.29 is 133 Å². The van der Waals surface area contributed by atoms with Crippen LogP contribution in [0.4, 0.5) is 33.3 Å². The number of nitro benzene ring substituents is 2. The maximum absolute atomic E-state index is 14.9. The maximum Gasteiger partial charge on any atom is 0.331 e. The van der Waals surface area contributed by atoms with Gasteiger partial charge in [-0.05, 0) is 72.5 Å². The van der Waals surface area contributed by atoms with E-state index in [4.69, 9.17) is 47.4 Å². The van der Waals surface area contributed by atoms with Crippen LogP contribution in [0.15, 0.2) is 200 Å². The predicted octanol–water partition coefficient (Wildman–Crippen LogP) is 8.63.